The summed E-state index contributed by atoms with van der Waals surface area (Å²) in [5, 5.41) is 3.08. The van der Waals surface area contributed by atoms with E-state index in [4.69, 9.17) is 4.74 Å². The fourth-order valence-electron chi connectivity index (χ4n) is 3.65. The molecule has 0 aliphatic carbocycles. The summed E-state index contributed by atoms with van der Waals surface area (Å²) in [6.07, 6.45) is -1.28. The molecule has 0 unspecified atom stereocenters. The summed E-state index contributed by atoms with van der Waals surface area (Å²) in [5.41, 5.74) is 1.60. The number of hydrogen-bond donors (Lipinski definition) is 2. The minimum Gasteiger partial charge on any atom is -0.378 e. The Kier molecular flexibility index (Phi) is 5.55. The van der Waals surface area contributed by atoms with E-state index in [0.717, 1.165) is 36.6 Å². The molecule has 170 valence electrons. The van der Waals surface area contributed by atoms with Crippen LogP contribution in [-0.2, 0) is 17.5 Å². The average molecular weight is 455 g/mol. The summed E-state index contributed by atoms with van der Waals surface area (Å²) in [5.74, 6) is 1.91. The summed E-state index contributed by atoms with van der Waals surface area (Å²) in [6, 6.07) is 9.04. The lowest BCUT2D eigenvalue weighted by molar-refractivity contribution is -0.137. The molecule has 0 atom stereocenters. The Balaban J connectivity index is 1.35. The second-order valence-electron chi connectivity index (χ2n) is 7.56. The molecule has 0 bridgehead atoms. The maximum atomic E-state index is 13.0. The lowest BCUT2D eigenvalue weighted by Gasteiger charge is -2.27. The van der Waals surface area contributed by atoms with Gasteiger partial charge in [0.1, 0.15) is 23.5 Å². The van der Waals surface area contributed by atoms with Gasteiger partial charge in [0.05, 0.1) is 18.8 Å². The predicted molar refractivity (Wildman–Crippen MR) is 117 cm³/mol. The average Bonchev–Trinajstić information content (AvgIpc) is 3.28. The van der Waals surface area contributed by atoms with Crippen LogP contribution in [0.5, 0.6) is 0 Å². The minimum atomic E-state index is -4.39. The quantitative estimate of drug-likeness (QED) is 0.472. The van der Waals surface area contributed by atoms with Crippen LogP contribution in [0.1, 0.15) is 11.1 Å². The number of morpholine rings is 1. The Morgan fingerprint density at radius 3 is 2.67 bits per heavy atom. The lowest BCUT2D eigenvalue weighted by Crippen LogP contribution is -2.36. The van der Waals surface area contributed by atoms with Gasteiger partial charge in [-0.25, -0.2) is 19.9 Å². The van der Waals surface area contributed by atoms with Gasteiger partial charge in [-0.1, -0.05) is 12.1 Å². The van der Waals surface area contributed by atoms with Crippen molar-refractivity contribution in [3.63, 3.8) is 0 Å². The van der Waals surface area contributed by atoms with Gasteiger partial charge in [-0.15, -0.1) is 0 Å². The van der Waals surface area contributed by atoms with Crippen LogP contribution in [0.4, 0.5) is 24.8 Å². The molecular formula is C22H20F3N7O. The number of hydrogen-bond acceptors (Lipinski definition) is 7. The highest BCUT2D eigenvalue weighted by Gasteiger charge is 2.30. The normalized spacial score (nSPS) is 14.6. The molecule has 11 heteroatoms. The van der Waals surface area contributed by atoms with Crippen molar-refractivity contribution in [3.8, 4) is 11.4 Å². The number of ether oxygens (including phenoxy) is 1. The number of rotatable bonds is 5. The molecule has 1 aromatic carbocycles. The number of nitrogens with zero attached hydrogens (tertiary/aromatic N) is 5. The van der Waals surface area contributed by atoms with Gasteiger partial charge < -0.3 is 19.9 Å². The molecule has 2 N–H and O–H groups in total. The van der Waals surface area contributed by atoms with Gasteiger partial charge in [0.15, 0.2) is 11.5 Å². The number of imidazole rings is 1. The van der Waals surface area contributed by atoms with E-state index >= 15 is 0 Å². The van der Waals surface area contributed by atoms with Gasteiger partial charge in [0.2, 0.25) is 0 Å². The minimum absolute atomic E-state index is 0.167. The molecule has 0 spiro atoms. The van der Waals surface area contributed by atoms with E-state index in [0.29, 0.717) is 41.6 Å². The van der Waals surface area contributed by atoms with Crippen LogP contribution >= 0.6 is 0 Å². The van der Waals surface area contributed by atoms with Gasteiger partial charge in [-0.05, 0) is 29.8 Å². The first-order valence-electron chi connectivity index (χ1n) is 10.4. The number of H-pyrrole nitrogens is 1. The van der Waals surface area contributed by atoms with Crippen LogP contribution in [0.15, 0.2) is 48.9 Å². The molecule has 0 saturated carbocycles. The van der Waals surface area contributed by atoms with E-state index < -0.39 is 11.7 Å². The fourth-order valence-corrected chi connectivity index (χ4v) is 3.65. The Morgan fingerprint density at radius 2 is 1.91 bits per heavy atom. The molecule has 8 nitrogen and oxygen atoms in total. The molecule has 4 heterocycles. The standard InChI is InChI=1S/C22H20F3N7O/c23-22(24,25)16-3-1-2-14(10-16)11-27-20-18-21(29-13-28-20)31-19(30-18)15-4-5-17(26-12-15)32-6-8-33-9-7-32/h1-5,10,12-13H,6-9,11H2,(H2,27,28,29,30,31). The van der Waals surface area contributed by atoms with E-state index in [2.05, 4.69) is 35.1 Å². The third-order valence-corrected chi connectivity index (χ3v) is 5.36. The van der Waals surface area contributed by atoms with Crippen molar-refractivity contribution in [3.05, 3.63) is 60.0 Å². The number of alkyl halides is 3. The molecular weight excluding hydrogens is 435 g/mol. The number of aromatic nitrogens is 5. The van der Waals surface area contributed by atoms with Crippen molar-refractivity contribution in [1.82, 2.24) is 24.9 Å². The van der Waals surface area contributed by atoms with Gasteiger partial charge >= 0.3 is 6.18 Å². The van der Waals surface area contributed by atoms with E-state index in [9.17, 15) is 13.2 Å². The summed E-state index contributed by atoms with van der Waals surface area (Å²) in [7, 11) is 0. The lowest BCUT2D eigenvalue weighted by atomic mass is 10.1. The second kappa shape index (κ2) is 8.66. The smallest absolute Gasteiger partial charge is 0.378 e. The highest BCUT2D eigenvalue weighted by atomic mass is 19.4. The van der Waals surface area contributed by atoms with Crippen molar-refractivity contribution in [2.45, 2.75) is 12.7 Å². The number of anilines is 2. The van der Waals surface area contributed by atoms with Crippen LogP contribution in [0.3, 0.4) is 0 Å². The first-order chi connectivity index (χ1) is 16.0. The van der Waals surface area contributed by atoms with Crippen molar-refractivity contribution in [1.29, 1.82) is 0 Å². The van der Waals surface area contributed by atoms with Gasteiger partial charge in [0.25, 0.3) is 0 Å². The Bertz CT molecular complexity index is 1250. The summed E-state index contributed by atoms with van der Waals surface area (Å²) in [4.78, 5) is 22.8. The molecule has 3 aromatic heterocycles. The topological polar surface area (TPSA) is 91.8 Å². The Morgan fingerprint density at radius 1 is 1.06 bits per heavy atom. The molecule has 1 fully saturated rings. The molecule has 33 heavy (non-hydrogen) atoms. The zero-order valence-corrected chi connectivity index (χ0v) is 17.4. The maximum absolute atomic E-state index is 13.0. The van der Waals surface area contributed by atoms with Crippen LogP contribution in [0.2, 0.25) is 0 Å². The number of fused-ring (bicyclic) bond motifs is 1. The Hall–Kier alpha value is -3.73. The van der Waals surface area contributed by atoms with E-state index in [-0.39, 0.29) is 6.54 Å². The third kappa shape index (κ3) is 4.58. The van der Waals surface area contributed by atoms with Crippen LogP contribution in [-0.4, -0.2) is 51.2 Å². The molecule has 1 aliphatic heterocycles. The molecule has 0 radical (unpaired) electrons. The van der Waals surface area contributed by atoms with Crippen molar-refractivity contribution in [2.24, 2.45) is 0 Å². The monoisotopic (exact) mass is 455 g/mol. The predicted octanol–water partition coefficient (Wildman–Crippen LogP) is 3.88. The third-order valence-electron chi connectivity index (χ3n) is 5.36. The fraction of sp³-hybridized carbons (Fsp3) is 0.273. The number of aromatic amines is 1. The molecule has 1 saturated heterocycles. The first kappa shape index (κ1) is 21.1. The highest BCUT2D eigenvalue weighted by Crippen LogP contribution is 2.30. The van der Waals surface area contributed by atoms with Crippen molar-refractivity contribution < 1.29 is 17.9 Å². The van der Waals surface area contributed by atoms with Gasteiger partial charge in [-0.2, -0.15) is 13.2 Å². The summed E-state index contributed by atoms with van der Waals surface area (Å²) < 4.78 is 44.3. The second-order valence-corrected chi connectivity index (χ2v) is 7.56. The van der Waals surface area contributed by atoms with E-state index in [1.807, 2.05) is 12.1 Å². The number of halogens is 3. The van der Waals surface area contributed by atoms with Crippen molar-refractivity contribution in [2.75, 3.05) is 36.5 Å². The van der Waals surface area contributed by atoms with Crippen molar-refractivity contribution >= 4 is 22.8 Å². The zero-order valence-electron chi connectivity index (χ0n) is 17.4. The molecule has 1 aliphatic rings. The Labute approximate surface area is 186 Å². The maximum Gasteiger partial charge on any atom is 0.416 e. The molecule has 4 aromatic rings. The molecule has 0 amide bonds. The first-order valence-corrected chi connectivity index (χ1v) is 10.4. The van der Waals surface area contributed by atoms with E-state index in [1.165, 1.54) is 12.4 Å². The highest BCUT2D eigenvalue weighted by molar-refractivity contribution is 5.85. The van der Waals surface area contributed by atoms with Gasteiger partial charge in [0, 0.05) is 31.4 Å². The summed E-state index contributed by atoms with van der Waals surface area (Å²) in [6.45, 7) is 3.13. The van der Waals surface area contributed by atoms with Crippen LogP contribution in [0, 0.1) is 0 Å². The van der Waals surface area contributed by atoms with E-state index in [1.54, 1.807) is 12.3 Å². The zero-order chi connectivity index (χ0) is 22.8. The largest absolute Gasteiger partial charge is 0.416 e. The number of pyridine rings is 1. The molecule has 5 rings (SSSR count). The van der Waals surface area contributed by atoms with Gasteiger partial charge in [-0.3, -0.25) is 0 Å². The van der Waals surface area contributed by atoms with Crippen LogP contribution in [0.25, 0.3) is 22.6 Å². The van der Waals surface area contributed by atoms with Crippen LogP contribution < -0.4 is 10.2 Å². The number of benzene rings is 1. The number of nitrogens with one attached hydrogen (secondary N) is 2. The summed E-state index contributed by atoms with van der Waals surface area (Å²) >= 11 is 0. The SMILES string of the molecule is FC(F)(F)c1cccc(CNc2ncnc3nc(-c4ccc(N5CCOCC5)nc4)[nH]c23)c1.